The van der Waals surface area contributed by atoms with Gasteiger partial charge >= 0.3 is 0 Å². The Morgan fingerprint density at radius 1 is 0.356 bits per heavy atom. The van der Waals surface area contributed by atoms with Crippen LogP contribution in [0.3, 0.4) is 0 Å². The Balaban J connectivity index is -0.000000131. The van der Waals surface area contributed by atoms with Crippen LogP contribution in [0.15, 0.2) is 97.1 Å². The molecule has 0 aliphatic carbocycles. The van der Waals surface area contributed by atoms with Crippen LogP contribution >= 0.6 is 33.2 Å². The highest BCUT2D eigenvalue weighted by molar-refractivity contribution is 7.40. The third-order valence-corrected chi connectivity index (χ3v) is 50.2. The lowest BCUT2D eigenvalue weighted by atomic mass is 10.1. The van der Waals surface area contributed by atoms with E-state index in [9.17, 15) is 0 Å². The minimum absolute atomic E-state index is 0. The second kappa shape index (κ2) is 56.7. The van der Waals surface area contributed by atoms with Crippen LogP contribution in [0, 0.1) is 0 Å². The Labute approximate surface area is 572 Å². The van der Waals surface area contributed by atoms with Crippen molar-refractivity contribution in [1.29, 1.82) is 0 Å². The van der Waals surface area contributed by atoms with Gasteiger partial charge in [-0.1, -0.05) is 343 Å². The smallest absolute Gasteiger partial charge is 0.214 e. The van der Waals surface area contributed by atoms with E-state index in [2.05, 4.69) is 216 Å². The molecule has 0 bridgehead atoms. The lowest BCUT2D eigenvalue weighted by Gasteiger charge is -2.35. The van der Waals surface area contributed by atoms with Gasteiger partial charge in [0.05, 0.1) is 0 Å². The summed E-state index contributed by atoms with van der Waals surface area (Å²) < 4.78 is 10.0. The first kappa shape index (κ1) is 105. The van der Waals surface area contributed by atoms with Crippen molar-refractivity contribution in [2.45, 2.75) is 312 Å². The first-order valence-corrected chi connectivity index (χ1v) is 57.1. The molecule has 0 aliphatic rings. The van der Waals surface area contributed by atoms with Gasteiger partial charge in [0.2, 0.25) is 7.38 Å². The van der Waals surface area contributed by atoms with Gasteiger partial charge in [-0.25, -0.2) is 0 Å². The van der Waals surface area contributed by atoms with Crippen LogP contribution in [0.2, 0.25) is 109 Å². The molecule has 0 saturated carbocycles. The summed E-state index contributed by atoms with van der Waals surface area (Å²) in [5.74, 6) is 0. The first-order valence-electron chi connectivity index (χ1n) is 31.4. The van der Waals surface area contributed by atoms with E-state index in [1.807, 2.05) is 0 Å². The molecule has 0 atom stereocenters. The van der Waals surface area contributed by atoms with Crippen molar-refractivity contribution in [1.82, 2.24) is 0 Å². The maximum Gasteiger partial charge on any atom is 0.214 e. The van der Waals surface area contributed by atoms with Gasteiger partial charge in [0.15, 0.2) is 0 Å². The van der Waals surface area contributed by atoms with Crippen LogP contribution in [0.5, 0.6) is 0 Å². The van der Waals surface area contributed by atoms with Crippen molar-refractivity contribution < 1.29 is 9.47 Å². The highest BCUT2D eigenvalue weighted by Crippen LogP contribution is 2.26. The fraction of sp³-hybridized carbons (Fsp3) is 0.680. The molecule has 0 aliphatic heterocycles. The molecule has 0 heterocycles. The third-order valence-electron chi connectivity index (χ3n) is 15.6. The highest BCUT2D eigenvalue weighted by Gasteiger charge is 2.36. The number of benzene rings is 4. The van der Waals surface area contributed by atoms with Crippen molar-refractivity contribution >= 4 is 108 Å². The zero-order valence-electron chi connectivity index (χ0n) is 55.0. The van der Waals surface area contributed by atoms with Crippen LogP contribution in [-0.2, 0) is 35.2 Å². The molecule has 0 saturated heterocycles. The summed E-state index contributed by atoms with van der Waals surface area (Å²) in [5, 5.41) is 5.86. The molecule has 516 valence electrons. The average molecular weight is 1390 g/mol. The quantitative estimate of drug-likeness (QED) is 0.0284. The highest BCUT2D eigenvalue weighted by atomic mass is 35.6. The summed E-state index contributed by atoms with van der Waals surface area (Å²) in [6.07, 6.45) is 22.7. The number of hydrogen-bond donors (Lipinski definition) is 0. The van der Waals surface area contributed by atoms with Gasteiger partial charge in [-0.3, -0.25) is 0 Å². The summed E-state index contributed by atoms with van der Waals surface area (Å²) >= 11 is 18.9. The van der Waals surface area contributed by atoms with E-state index in [0.29, 0.717) is 0 Å². The van der Waals surface area contributed by atoms with E-state index in [4.69, 9.17) is 42.7 Å². The summed E-state index contributed by atoms with van der Waals surface area (Å²) in [7, 11) is -4.93. The second-order valence-corrected chi connectivity index (χ2v) is 72.2. The summed E-state index contributed by atoms with van der Waals surface area (Å²) in [5.41, 5.74) is 7.31. The first-order chi connectivity index (χ1) is 36.9. The van der Waals surface area contributed by atoms with Gasteiger partial charge in [-0.2, -0.15) is 33.2 Å². The molecular formula is C75H155Cl3O2Si7. The van der Waals surface area contributed by atoms with E-state index in [1.165, 1.54) is 166 Å². The number of halogens is 3. The van der Waals surface area contributed by atoms with E-state index in [0.717, 1.165) is 13.2 Å². The van der Waals surface area contributed by atoms with Gasteiger partial charge in [-0.15, -0.1) is 0 Å². The lowest BCUT2D eigenvalue weighted by molar-refractivity contribution is 0.192. The summed E-state index contributed by atoms with van der Waals surface area (Å²) in [6.45, 7) is 44.1. The molecule has 4 aromatic carbocycles. The molecule has 0 N–H and O–H groups in total. The number of hydrogen-bond acceptors (Lipinski definition) is 2. The molecule has 0 aromatic heterocycles. The predicted octanol–water partition coefficient (Wildman–Crippen LogP) is 25.2. The van der Waals surface area contributed by atoms with Crippen molar-refractivity contribution in [2.75, 3.05) is 27.4 Å². The molecule has 4 aromatic rings. The van der Waals surface area contributed by atoms with Gasteiger partial charge in [0.25, 0.3) is 0 Å². The van der Waals surface area contributed by atoms with E-state index >= 15 is 0 Å². The van der Waals surface area contributed by atoms with Crippen molar-refractivity contribution in [2.24, 2.45) is 0 Å². The van der Waals surface area contributed by atoms with E-state index in [-0.39, 0.29) is 59.4 Å². The Morgan fingerprint density at radius 3 is 0.828 bits per heavy atom. The molecular weight excluding hydrogens is 1240 g/mol. The topological polar surface area (TPSA) is 18.5 Å². The third kappa shape index (κ3) is 49.4. The molecule has 0 fully saturated rings. The number of ether oxygens (including phenoxy) is 2. The zero-order chi connectivity index (χ0) is 60.2. The number of aryl methyl sites for hydroxylation is 4. The average Bonchev–Trinajstić information content (AvgIpc) is 3.30. The summed E-state index contributed by atoms with van der Waals surface area (Å²) in [4.78, 5) is 0. The van der Waals surface area contributed by atoms with Crippen LogP contribution in [0.25, 0.3) is 0 Å². The van der Waals surface area contributed by atoms with Crippen molar-refractivity contribution in [3.8, 4) is 0 Å². The van der Waals surface area contributed by atoms with Crippen LogP contribution in [0.4, 0.5) is 0 Å². The van der Waals surface area contributed by atoms with Crippen LogP contribution in [0.1, 0.15) is 199 Å². The molecule has 0 radical (unpaired) electrons. The molecule has 2 nitrogen and oxygen atoms in total. The number of rotatable bonds is 31. The van der Waals surface area contributed by atoms with Gasteiger partial charge < -0.3 is 9.47 Å². The minimum atomic E-state index is -2.09. The number of methoxy groups -OCH3 is 2. The fourth-order valence-electron chi connectivity index (χ4n) is 9.29. The van der Waals surface area contributed by atoms with Gasteiger partial charge in [0, 0.05) is 51.4 Å². The largest absolute Gasteiger partial charge is 0.385 e. The van der Waals surface area contributed by atoms with Gasteiger partial charge in [0.1, 0.15) is 22.8 Å². The monoisotopic (exact) mass is 1390 g/mol. The minimum Gasteiger partial charge on any atom is -0.385 e. The van der Waals surface area contributed by atoms with Crippen LogP contribution < -0.4 is 20.7 Å². The molecule has 0 spiro atoms. The maximum absolute atomic E-state index is 7.04. The standard InChI is InChI=1S/C24H38Si2.C21H29ClSi.C11H28OSi2.C8H19ClOSi.C3H9ClSi.8CH4/c1-6-8-10-21-12-16-23(17-13-21)26(5,20-25(3)4)24-18-14-22(15-19-24)11-9-7-2;1-4-6-8-18-10-14-20(15-11-18)23(3,22)21-16-12-19(13-17-21)9-7-5-2;1-12-10-8-7-9-11-14(5,6)13(2,3)4;1-10-7-5-4-6-8-11(2,3)9;1-5(2,3)4;;;;;;;;/h12-19,25H,6-11,20H2,1-5H3;10-17H,4-9H2,1-3H3;7-11H2,1-6H3;4-8H2,1-3H3;1-3H3;8*1H4. The van der Waals surface area contributed by atoms with Crippen LogP contribution in [-0.4, -0.2) is 81.6 Å². The van der Waals surface area contributed by atoms with E-state index < -0.39 is 54.2 Å². The summed E-state index contributed by atoms with van der Waals surface area (Å²) in [6, 6.07) is 40.2. The zero-order valence-corrected chi connectivity index (χ0v) is 64.5. The fourth-order valence-corrected chi connectivity index (χ4v) is 28.7. The normalized spacial score (nSPS) is 11.0. The number of unbranched alkanes of at least 4 members (excludes halogenated alkanes) is 8. The predicted molar refractivity (Wildman–Crippen MR) is 440 cm³/mol. The van der Waals surface area contributed by atoms with Crippen molar-refractivity contribution in [3.63, 3.8) is 0 Å². The molecule has 0 unspecified atom stereocenters. The molecule has 0 amide bonds. The maximum atomic E-state index is 7.04. The Kier molecular flexibility index (Phi) is 68.4. The lowest BCUT2D eigenvalue weighted by Crippen LogP contribution is -2.57. The Bertz CT molecular complexity index is 1970. The molecule has 4 rings (SSSR count). The van der Waals surface area contributed by atoms with Gasteiger partial charge in [-0.05, 0) is 109 Å². The SMILES string of the molecule is C.C.C.C.C.C.C.C.CCCCc1ccc([Si](C)(C[SiH](C)C)c2ccc(CCCC)cc2)cc1.CCCCc1ccc([Si](C)(Cl)c2ccc(CCCC)cc2)cc1.COCCCCC[Si](C)(C)Cl.COCCCCC[Si](C)(C)[Si](C)(C)C.C[Si](C)(C)Cl. The second-order valence-electron chi connectivity index (χ2n) is 26.7. The Morgan fingerprint density at radius 2 is 0.609 bits per heavy atom. The molecule has 12 heteroatoms. The molecule has 87 heavy (non-hydrogen) atoms. The van der Waals surface area contributed by atoms with Crippen molar-refractivity contribution in [3.05, 3.63) is 119 Å². The van der Waals surface area contributed by atoms with E-state index in [1.54, 1.807) is 24.6 Å². The Hall–Kier alpha value is -0.812.